The molecule has 5 nitrogen and oxygen atoms in total. The lowest BCUT2D eigenvalue weighted by atomic mass is 9.80. The topological polar surface area (TPSA) is 64.6 Å². The van der Waals surface area contributed by atoms with Crippen molar-refractivity contribution in [3.05, 3.63) is 57.1 Å². The predicted octanol–water partition coefficient (Wildman–Crippen LogP) is 3.45. The zero-order valence-corrected chi connectivity index (χ0v) is 15.2. The van der Waals surface area contributed by atoms with Gasteiger partial charge in [0.1, 0.15) is 5.82 Å². The van der Waals surface area contributed by atoms with Crippen molar-refractivity contribution < 1.29 is 23.5 Å². The summed E-state index contributed by atoms with van der Waals surface area (Å²) >= 11 is 6.14. The second-order valence-electron chi connectivity index (χ2n) is 5.49. The van der Waals surface area contributed by atoms with Crippen molar-refractivity contribution >= 4 is 23.5 Å². The minimum atomic E-state index is -0.893. The van der Waals surface area contributed by atoms with E-state index in [4.69, 9.17) is 21.1 Å². The highest BCUT2D eigenvalue weighted by atomic mass is 35.5. The van der Waals surface area contributed by atoms with Crippen molar-refractivity contribution in [2.24, 2.45) is 0 Å². The van der Waals surface area contributed by atoms with Gasteiger partial charge in [-0.25, -0.2) is 14.0 Å². The lowest BCUT2D eigenvalue weighted by Gasteiger charge is -2.30. The largest absolute Gasteiger partial charge is 0.466 e. The normalized spacial score (nSPS) is 17.3. The van der Waals surface area contributed by atoms with Crippen LogP contribution in [0.2, 0.25) is 5.02 Å². The van der Waals surface area contributed by atoms with Crippen LogP contribution in [0.4, 0.5) is 4.39 Å². The third-order valence-corrected chi connectivity index (χ3v) is 4.35. The van der Waals surface area contributed by atoms with Gasteiger partial charge >= 0.3 is 11.9 Å². The monoisotopic (exact) mass is 367 g/mol. The molecule has 0 bridgehead atoms. The van der Waals surface area contributed by atoms with Gasteiger partial charge in [-0.2, -0.15) is 0 Å². The van der Waals surface area contributed by atoms with Crippen LogP contribution in [-0.4, -0.2) is 25.7 Å². The Morgan fingerprint density at radius 3 is 2.36 bits per heavy atom. The summed E-state index contributed by atoms with van der Waals surface area (Å²) in [6, 6.07) is 4.26. The van der Waals surface area contributed by atoms with Gasteiger partial charge in [-0.1, -0.05) is 23.7 Å². The molecule has 1 aromatic carbocycles. The first-order chi connectivity index (χ1) is 11.8. The quantitative estimate of drug-likeness (QED) is 0.826. The molecule has 0 saturated heterocycles. The zero-order valence-electron chi connectivity index (χ0n) is 14.4. The standard InChI is InChI=1S/C18H19ClFNO4/c1-5-25-18(23)14-10(3)21-9(2)13(17(22)24-4)15(14)11-7-6-8-12(20)16(11)19/h6-8,15,21H,5H2,1-4H3. The number of hydrogen-bond donors (Lipinski definition) is 1. The molecule has 1 heterocycles. The Morgan fingerprint density at radius 2 is 1.80 bits per heavy atom. The molecular weight excluding hydrogens is 349 g/mol. The Labute approximate surface area is 150 Å². The van der Waals surface area contributed by atoms with Crippen molar-refractivity contribution in [1.82, 2.24) is 5.32 Å². The van der Waals surface area contributed by atoms with Gasteiger partial charge in [-0.15, -0.1) is 0 Å². The molecule has 1 N–H and O–H groups in total. The number of rotatable bonds is 4. The van der Waals surface area contributed by atoms with Crippen molar-refractivity contribution in [2.75, 3.05) is 13.7 Å². The van der Waals surface area contributed by atoms with Gasteiger partial charge in [0.15, 0.2) is 0 Å². The lowest BCUT2D eigenvalue weighted by molar-refractivity contribution is -0.139. The number of methoxy groups -OCH3 is 1. The zero-order chi connectivity index (χ0) is 18.7. The molecule has 0 amide bonds. The van der Waals surface area contributed by atoms with E-state index in [1.54, 1.807) is 26.8 Å². The van der Waals surface area contributed by atoms with Crippen LogP contribution < -0.4 is 5.32 Å². The molecule has 0 saturated carbocycles. The molecule has 1 aliphatic rings. The van der Waals surface area contributed by atoms with E-state index in [-0.39, 0.29) is 22.8 Å². The van der Waals surface area contributed by atoms with E-state index in [1.807, 2.05) is 0 Å². The summed E-state index contributed by atoms with van der Waals surface area (Å²) < 4.78 is 24.0. The van der Waals surface area contributed by atoms with Crippen LogP contribution in [0, 0.1) is 5.82 Å². The Balaban J connectivity index is 2.74. The van der Waals surface area contributed by atoms with Crippen molar-refractivity contribution in [3.63, 3.8) is 0 Å². The van der Waals surface area contributed by atoms with Crippen LogP contribution in [0.15, 0.2) is 40.7 Å². The number of esters is 2. The van der Waals surface area contributed by atoms with Crippen LogP contribution in [0.3, 0.4) is 0 Å². The fourth-order valence-electron chi connectivity index (χ4n) is 2.91. The number of allylic oxidation sites excluding steroid dienone is 2. The molecular formula is C18H19ClFNO4. The summed E-state index contributed by atoms with van der Waals surface area (Å²) in [5.41, 5.74) is 1.69. The maximum atomic E-state index is 14.0. The minimum absolute atomic E-state index is 0.154. The van der Waals surface area contributed by atoms with Gasteiger partial charge in [0.25, 0.3) is 0 Å². The second-order valence-corrected chi connectivity index (χ2v) is 5.87. The third kappa shape index (κ3) is 3.54. The first kappa shape index (κ1) is 19.0. The Bertz CT molecular complexity index is 785. The molecule has 1 atom stereocenters. The van der Waals surface area contributed by atoms with Crippen molar-refractivity contribution in [2.45, 2.75) is 26.7 Å². The number of carbonyl (C=O) groups is 2. The lowest BCUT2D eigenvalue weighted by Crippen LogP contribution is -2.32. The Hall–Kier alpha value is -2.34. The molecule has 1 unspecified atom stereocenters. The maximum absolute atomic E-state index is 14.0. The van der Waals surface area contributed by atoms with Crippen LogP contribution >= 0.6 is 11.6 Å². The second kappa shape index (κ2) is 7.70. The van der Waals surface area contributed by atoms with Gasteiger partial charge in [0.2, 0.25) is 0 Å². The van der Waals surface area contributed by atoms with Gasteiger partial charge in [-0.3, -0.25) is 0 Å². The molecule has 1 aromatic rings. The molecule has 134 valence electrons. The fourth-order valence-corrected chi connectivity index (χ4v) is 3.14. The minimum Gasteiger partial charge on any atom is -0.466 e. The highest BCUT2D eigenvalue weighted by Crippen LogP contribution is 2.42. The Morgan fingerprint density at radius 1 is 1.20 bits per heavy atom. The smallest absolute Gasteiger partial charge is 0.336 e. The first-order valence-electron chi connectivity index (χ1n) is 7.71. The SMILES string of the molecule is CCOC(=O)C1=C(C)NC(C)=C(C(=O)OC)C1c1cccc(F)c1Cl. The van der Waals surface area contributed by atoms with E-state index in [2.05, 4.69) is 5.32 Å². The predicted molar refractivity (Wildman–Crippen MR) is 91.3 cm³/mol. The van der Waals surface area contributed by atoms with Crippen molar-refractivity contribution in [1.29, 1.82) is 0 Å². The highest BCUT2D eigenvalue weighted by molar-refractivity contribution is 6.31. The number of ether oxygens (including phenoxy) is 2. The number of nitrogens with one attached hydrogen (secondary N) is 1. The van der Waals surface area contributed by atoms with Gasteiger partial charge in [-0.05, 0) is 32.4 Å². The summed E-state index contributed by atoms with van der Waals surface area (Å²) in [6.07, 6.45) is 0. The number of dihydropyridines is 1. The summed E-state index contributed by atoms with van der Waals surface area (Å²) in [5.74, 6) is -2.77. The molecule has 7 heteroatoms. The van der Waals surface area contributed by atoms with Crippen LogP contribution in [0.1, 0.15) is 32.3 Å². The third-order valence-electron chi connectivity index (χ3n) is 3.95. The number of hydrogen-bond acceptors (Lipinski definition) is 5. The first-order valence-corrected chi connectivity index (χ1v) is 8.09. The van der Waals surface area contributed by atoms with E-state index < -0.39 is 23.7 Å². The number of halogens is 2. The van der Waals surface area contributed by atoms with Crippen LogP contribution in [-0.2, 0) is 19.1 Å². The molecule has 0 aromatic heterocycles. The molecule has 2 rings (SSSR count). The molecule has 0 fully saturated rings. The van der Waals surface area contributed by atoms with E-state index >= 15 is 0 Å². The van der Waals surface area contributed by atoms with Gasteiger partial charge < -0.3 is 14.8 Å². The maximum Gasteiger partial charge on any atom is 0.336 e. The highest BCUT2D eigenvalue weighted by Gasteiger charge is 2.39. The molecule has 0 radical (unpaired) electrons. The van der Waals surface area contributed by atoms with Gasteiger partial charge in [0.05, 0.1) is 35.8 Å². The summed E-state index contributed by atoms with van der Waals surface area (Å²) in [7, 11) is 1.24. The van der Waals surface area contributed by atoms with E-state index in [9.17, 15) is 14.0 Å². The average molecular weight is 368 g/mol. The summed E-state index contributed by atoms with van der Waals surface area (Å²) in [6.45, 7) is 5.20. The van der Waals surface area contributed by atoms with E-state index in [0.717, 1.165) is 0 Å². The number of carbonyl (C=O) groups excluding carboxylic acids is 2. The fraction of sp³-hybridized carbons (Fsp3) is 0.333. The summed E-state index contributed by atoms with van der Waals surface area (Å²) in [5, 5.41) is 2.83. The van der Waals surface area contributed by atoms with E-state index in [1.165, 1.54) is 19.2 Å². The number of benzene rings is 1. The van der Waals surface area contributed by atoms with E-state index in [0.29, 0.717) is 17.0 Å². The average Bonchev–Trinajstić information content (AvgIpc) is 2.56. The molecule has 0 aliphatic carbocycles. The van der Waals surface area contributed by atoms with Crippen molar-refractivity contribution in [3.8, 4) is 0 Å². The van der Waals surface area contributed by atoms with Crippen LogP contribution in [0.5, 0.6) is 0 Å². The van der Waals surface area contributed by atoms with Gasteiger partial charge in [0, 0.05) is 11.4 Å². The molecule has 1 aliphatic heterocycles. The van der Waals surface area contributed by atoms with Crippen LogP contribution in [0.25, 0.3) is 0 Å². The molecule has 25 heavy (non-hydrogen) atoms. The summed E-state index contributed by atoms with van der Waals surface area (Å²) in [4.78, 5) is 24.9. The Kier molecular flexibility index (Phi) is 5.85. The molecule has 0 spiro atoms.